The average Bonchev–Trinajstić information content (AvgIpc) is 1.31. The number of hydrogen-bond acceptors (Lipinski definition) is 1. The van der Waals surface area contributed by atoms with Gasteiger partial charge < -0.3 is 4.70 Å². The van der Waals surface area contributed by atoms with Gasteiger partial charge in [-0.05, 0) is 0 Å². The first kappa shape index (κ1) is 10.5. The van der Waals surface area contributed by atoms with Crippen LogP contribution in [0.3, 0.4) is 0 Å². The highest BCUT2D eigenvalue weighted by Gasteiger charge is 2.11. The van der Waals surface area contributed by atoms with Crippen molar-refractivity contribution in [2.24, 2.45) is 0 Å². The third-order valence-electron chi connectivity index (χ3n) is 0.945. The molecule has 0 fully saturated rings. The minimum atomic E-state index is 0. The number of amides is 1. The lowest BCUT2D eigenvalue weighted by atomic mass is 10.5. The largest absolute Gasteiger partial charge is 1.00 e. The standard InChI is InChI=1S/C5H12NO.FH/c1-5(7)6(2,3)4;/h1-4H3;1H/q+1;/p-1. The van der Waals surface area contributed by atoms with Crippen molar-refractivity contribution in [1.29, 1.82) is 0 Å². The second-order valence-corrected chi connectivity index (χ2v) is 2.53. The molecule has 0 aromatic heterocycles. The van der Waals surface area contributed by atoms with Crippen LogP contribution in [-0.4, -0.2) is 31.5 Å². The Kier molecular flexibility index (Phi) is 3.64. The summed E-state index contributed by atoms with van der Waals surface area (Å²) in [6, 6.07) is 0. The maximum atomic E-state index is 10.4. The van der Waals surface area contributed by atoms with E-state index in [1.165, 1.54) is 0 Å². The Hall–Kier alpha value is -0.440. The van der Waals surface area contributed by atoms with E-state index in [2.05, 4.69) is 0 Å². The van der Waals surface area contributed by atoms with Crippen LogP contribution in [-0.2, 0) is 4.79 Å². The summed E-state index contributed by atoms with van der Waals surface area (Å²) in [5.74, 6) is 0.181. The molecule has 0 aliphatic carbocycles. The fourth-order valence-electron chi connectivity index (χ4n) is 0. The molecule has 0 unspecified atom stereocenters. The summed E-state index contributed by atoms with van der Waals surface area (Å²) in [5, 5.41) is 0. The summed E-state index contributed by atoms with van der Waals surface area (Å²) in [4.78, 5) is 10.4. The fraction of sp³-hybridized carbons (Fsp3) is 0.800. The molecular formula is C5H12FNO. The molecule has 50 valence electrons. The molecule has 0 aromatic carbocycles. The van der Waals surface area contributed by atoms with Crippen LogP contribution in [0, 0.1) is 0 Å². The second-order valence-electron chi connectivity index (χ2n) is 2.53. The van der Waals surface area contributed by atoms with Gasteiger partial charge in [-0.3, -0.25) is 4.48 Å². The Morgan fingerprint density at radius 1 is 1.25 bits per heavy atom. The minimum Gasteiger partial charge on any atom is -1.00 e. The molecule has 0 N–H and O–H groups in total. The highest BCUT2D eigenvalue weighted by molar-refractivity contribution is 5.64. The molecule has 3 heteroatoms. The molecule has 1 amide bonds. The van der Waals surface area contributed by atoms with Crippen molar-refractivity contribution in [2.45, 2.75) is 6.92 Å². The van der Waals surface area contributed by atoms with E-state index in [0.717, 1.165) is 0 Å². The third kappa shape index (κ3) is 3.74. The van der Waals surface area contributed by atoms with Crippen LogP contribution < -0.4 is 4.70 Å². The smallest absolute Gasteiger partial charge is 0.309 e. The van der Waals surface area contributed by atoms with Crippen molar-refractivity contribution in [3.8, 4) is 0 Å². The van der Waals surface area contributed by atoms with Gasteiger partial charge in [0.25, 0.3) is 0 Å². The Bertz CT molecular complexity index is 84.9. The van der Waals surface area contributed by atoms with E-state index < -0.39 is 0 Å². The summed E-state index contributed by atoms with van der Waals surface area (Å²) < 4.78 is 0.417. The maximum absolute atomic E-state index is 10.4. The number of rotatable bonds is 0. The first-order valence-corrected chi connectivity index (χ1v) is 2.27. The van der Waals surface area contributed by atoms with E-state index in [1.807, 2.05) is 21.1 Å². The molecule has 0 atom stereocenters. The van der Waals surface area contributed by atoms with Crippen molar-refractivity contribution in [1.82, 2.24) is 0 Å². The lowest BCUT2D eigenvalue weighted by Crippen LogP contribution is -3.00. The van der Waals surface area contributed by atoms with Crippen molar-refractivity contribution in [3.63, 3.8) is 0 Å². The van der Waals surface area contributed by atoms with Gasteiger partial charge in [0.15, 0.2) is 0 Å². The van der Waals surface area contributed by atoms with Gasteiger partial charge in [0, 0.05) is 0 Å². The van der Waals surface area contributed by atoms with Crippen LogP contribution in [0.4, 0.5) is 0 Å². The highest BCUT2D eigenvalue weighted by atomic mass is 19.0. The molecule has 0 aromatic rings. The van der Waals surface area contributed by atoms with Gasteiger partial charge >= 0.3 is 5.91 Å². The summed E-state index contributed by atoms with van der Waals surface area (Å²) in [6.45, 7) is 1.58. The minimum absolute atomic E-state index is 0. The molecule has 0 heterocycles. The number of carbonyl (C=O) groups excluding carboxylic acids is 1. The molecule has 0 radical (unpaired) electrons. The van der Waals surface area contributed by atoms with Crippen molar-refractivity contribution in [3.05, 3.63) is 0 Å². The first-order valence-electron chi connectivity index (χ1n) is 2.27. The van der Waals surface area contributed by atoms with Crippen molar-refractivity contribution in [2.75, 3.05) is 21.1 Å². The Morgan fingerprint density at radius 3 is 1.38 bits per heavy atom. The molecule has 0 aliphatic rings. The van der Waals surface area contributed by atoms with Gasteiger partial charge in [-0.15, -0.1) is 0 Å². The molecule has 0 saturated carbocycles. The summed E-state index contributed by atoms with van der Waals surface area (Å²) in [6.07, 6.45) is 0. The molecule has 0 aliphatic heterocycles. The van der Waals surface area contributed by atoms with Crippen molar-refractivity contribution >= 4 is 5.91 Å². The topological polar surface area (TPSA) is 17.1 Å². The first-order chi connectivity index (χ1) is 2.94. The number of halogens is 1. The predicted octanol–water partition coefficient (Wildman–Crippen LogP) is -2.76. The summed E-state index contributed by atoms with van der Waals surface area (Å²) in [7, 11) is 5.55. The van der Waals surface area contributed by atoms with Gasteiger partial charge in [-0.2, -0.15) is 0 Å². The molecule has 0 bridgehead atoms. The van der Waals surface area contributed by atoms with Gasteiger partial charge in [-0.25, -0.2) is 4.79 Å². The zero-order valence-corrected chi connectivity index (χ0v) is 5.73. The molecule has 0 saturated heterocycles. The van der Waals surface area contributed by atoms with Crippen molar-refractivity contribution < 1.29 is 14.0 Å². The van der Waals surface area contributed by atoms with E-state index in [-0.39, 0.29) is 10.6 Å². The zero-order valence-electron chi connectivity index (χ0n) is 5.73. The lowest BCUT2D eigenvalue weighted by Gasteiger charge is -2.17. The third-order valence-corrected chi connectivity index (χ3v) is 0.945. The highest BCUT2D eigenvalue weighted by Crippen LogP contribution is 1.87. The Morgan fingerprint density at radius 2 is 1.38 bits per heavy atom. The van der Waals surface area contributed by atoms with Gasteiger partial charge in [0.1, 0.15) is 0 Å². The normalized spacial score (nSPS) is 10.0. The maximum Gasteiger partial charge on any atom is 0.309 e. The lowest BCUT2D eigenvalue weighted by molar-refractivity contribution is -0.791. The predicted molar refractivity (Wildman–Crippen MR) is 28.7 cm³/mol. The number of carbonyl (C=O) groups is 1. The van der Waals surface area contributed by atoms with Crippen LogP contribution >= 0.6 is 0 Å². The van der Waals surface area contributed by atoms with Gasteiger partial charge in [0.05, 0.1) is 28.1 Å². The second kappa shape index (κ2) is 2.77. The van der Waals surface area contributed by atoms with Crippen LogP contribution in [0.5, 0.6) is 0 Å². The van der Waals surface area contributed by atoms with E-state index in [4.69, 9.17) is 0 Å². The number of quaternary nitrogens is 1. The van der Waals surface area contributed by atoms with Gasteiger partial charge in [-0.1, -0.05) is 0 Å². The van der Waals surface area contributed by atoms with E-state index >= 15 is 0 Å². The average molecular weight is 121 g/mol. The molecule has 0 rings (SSSR count). The van der Waals surface area contributed by atoms with Crippen LogP contribution in [0.15, 0.2) is 0 Å². The molecule has 2 nitrogen and oxygen atoms in total. The van der Waals surface area contributed by atoms with E-state index in [9.17, 15) is 4.79 Å². The van der Waals surface area contributed by atoms with Crippen LogP contribution in [0.2, 0.25) is 0 Å². The molecular weight excluding hydrogens is 109 g/mol. The Balaban J connectivity index is 0. The summed E-state index contributed by atoms with van der Waals surface area (Å²) in [5.41, 5.74) is 0. The Labute approximate surface area is 49.1 Å². The number of nitrogens with zero attached hydrogens (tertiary/aromatic N) is 1. The zero-order chi connectivity index (χ0) is 6.08. The van der Waals surface area contributed by atoms with Crippen LogP contribution in [0.1, 0.15) is 6.92 Å². The van der Waals surface area contributed by atoms with E-state index in [0.29, 0.717) is 4.48 Å². The molecule has 8 heavy (non-hydrogen) atoms. The molecule has 0 spiro atoms. The van der Waals surface area contributed by atoms with E-state index in [1.54, 1.807) is 6.92 Å². The van der Waals surface area contributed by atoms with Gasteiger partial charge in [0.2, 0.25) is 0 Å². The summed E-state index contributed by atoms with van der Waals surface area (Å²) >= 11 is 0. The quantitative estimate of drug-likeness (QED) is 0.317. The fourth-order valence-corrected chi connectivity index (χ4v) is 0. The van der Waals surface area contributed by atoms with Crippen LogP contribution in [0.25, 0.3) is 0 Å². The number of hydrogen-bond donors (Lipinski definition) is 0. The monoisotopic (exact) mass is 121 g/mol. The SMILES string of the molecule is CC(=O)[N+](C)(C)C.[F-].